The van der Waals surface area contributed by atoms with E-state index < -0.39 is 13.7 Å². The standard InChI is InChI=1S/C21H35NO2Si/c1-15(2)18(16(3)25(7,8)9)19(17-13-11-10-12-14-17)22-20(23)24-21(4,5)6/h10-15,18-19H,3H2,1-2,4-9H3,(H,22,23)/t18-,19+/m1/s1. The summed E-state index contributed by atoms with van der Waals surface area (Å²) in [5.41, 5.74) is 0.570. The zero-order valence-corrected chi connectivity index (χ0v) is 18.1. The van der Waals surface area contributed by atoms with Crippen LogP contribution in [0.1, 0.15) is 46.2 Å². The molecule has 0 spiro atoms. The molecule has 0 heterocycles. The topological polar surface area (TPSA) is 38.3 Å². The summed E-state index contributed by atoms with van der Waals surface area (Å²) in [6.07, 6.45) is -0.379. The fraction of sp³-hybridized carbons (Fsp3) is 0.571. The minimum Gasteiger partial charge on any atom is -0.444 e. The van der Waals surface area contributed by atoms with Crippen LogP contribution in [0.15, 0.2) is 42.1 Å². The molecule has 1 amide bonds. The molecule has 2 atom stereocenters. The van der Waals surface area contributed by atoms with Crippen LogP contribution in [0.2, 0.25) is 19.6 Å². The third kappa shape index (κ3) is 6.69. The molecule has 140 valence electrons. The van der Waals surface area contributed by atoms with E-state index in [2.05, 4.69) is 57.5 Å². The van der Waals surface area contributed by atoms with Gasteiger partial charge in [-0.1, -0.05) is 69.0 Å². The van der Waals surface area contributed by atoms with Crippen molar-refractivity contribution in [3.63, 3.8) is 0 Å². The van der Waals surface area contributed by atoms with Crippen molar-refractivity contribution in [2.75, 3.05) is 0 Å². The van der Waals surface area contributed by atoms with Crippen LogP contribution in [-0.2, 0) is 4.74 Å². The predicted octanol–water partition coefficient (Wildman–Crippen LogP) is 5.96. The molecule has 0 aliphatic heterocycles. The molecule has 1 aromatic carbocycles. The van der Waals surface area contributed by atoms with E-state index >= 15 is 0 Å². The Bertz CT molecular complexity index is 582. The molecule has 0 fully saturated rings. The van der Waals surface area contributed by atoms with Crippen molar-refractivity contribution in [2.45, 2.75) is 65.9 Å². The molecule has 0 aromatic heterocycles. The summed E-state index contributed by atoms with van der Waals surface area (Å²) in [6.45, 7) is 21.4. The van der Waals surface area contributed by atoms with Gasteiger partial charge in [0.15, 0.2) is 0 Å². The Hall–Kier alpha value is -1.55. The first kappa shape index (κ1) is 21.5. The maximum absolute atomic E-state index is 12.5. The lowest BCUT2D eigenvalue weighted by Crippen LogP contribution is -2.42. The van der Waals surface area contributed by atoms with Gasteiger partial charge in [-0.05, 0) is 32.3 Å². The highest BCUT2D eigenvalue weighted by Crippen LogP contribution is 2.37. The van der Waals surface area contributed by atoms with E-state index in [0.717, 1.165) is 5.56 Å². The first-order valence-electron chi connectivity index (χ1n) is 9.06. The molecule has 25 heavy (non-hydrogen) atoms. The number of rotatable bonds is 6. The lowest BCUT2D eigenvalue weighted by molar-refractivity contribution is 0.0484. The van der Waals surface area contributed by atoms with Crippen LogP contribution in [0, 0.1) is 11.8 Å². The molecule has 1 rings (SSSR count). The average Bonchev–Trinajstić information content (AvgIpc) is 2.44. The van der Waals surface area contributed by atoms with Gasteiger partial charge in [-0.3, -0.25) is 0 Å². The minimum atomic E-state index is -1.57. The predicted molar refractivity (Wildman–Crippen MR) is 109 cm³/mol. The second-order valence-electron chi connectivity index (χ2n) is 9.08. The van der Waals surface area contributed by atoms with Gasteiger partial charge in [0, 0.05) is 5.92 Å². The Balaban J connectivity index is 3.25. The number of alkyl carbamates (subject to hydrolysis) is 1. The van der Waals surface area contributed by atoms with Gasteiger partial charge in [-0.15, -0.1) is 6.58 Å². The van der Waals surface area contributed by atoms with Crippen LogP contribution in [0.25, 0.3) is 0 Å². The summed E-state index contributed by atoms with van der Waals surface area (Å²) in [5, 5.41) is 4.40. The van der Waals surface area contributed by atoms with E-state index in [1.807, 2.05) is 39.0 Å². The van der Waals surface area contributed by atoms with Gasteiger partial charge in [0.25, 0.3) is 0 Å². The highest BCUT2D eigenvalue weighted by Gasteiger charge is 2.35. The Kier molecular flexibility index (Phi) is 7.06. The average molecular weight is 362 g/mol. The fourth-order valence-electron chi connectivity index (χ4n) is 2.96. The molecule has 0 bridgehead atoms. The molecule has 0 aliphatic rings. The number of carbonyl (C=O) groups is 1. The monoisotopic (exact) mass is 361 g/mol. The normalized spacial score (nSPS) is 14.8. The van der Waals surface area contributed by atoms with Crippen molar-refractivity contribution >= 4 is 14.2 Å². The number of nitrogens with one attached hydrogen (secondary N) is 1. The van der Waals surface area contributed by atoms with Gasteiger partial charge < -0.3 is 10.1 Å². The quantitative estimate of drug-likeness (QED) is 0.635. The van der Waals surface area contributed by atoms with Crippen molar-refractivity contribution < 1.29 is 9.53 Å². The van der Waals surface area contributed by atoms with Crippen LogP contribution in [0.3, 0.4) is 0 Å². The zero-order valence-electron chi connectivity index (χ0n) is 17.1. The molecular formula is C21H35NO2Si. The van der Waals surface area contributed by atoms with Crippen molar-refractivity contribution in [2.24, 2.45) is 11.8 Å². The number of hydrogen-bond donors (Lipinski definition) is 1. The summed E-state index contributed by atoms with van der Waals surface area (Å²) in [6, 6.07) is 9.99. The van der Waals surface area contributed by atoms with Crippen LogP contribution < -0.4 is 5.32 Å². The summed E-state index contributed by atoms with van der Waals surface area (Å²) in [7, 11) is -1.57. The molecule has 0 aliphatic carbocycles. The van der Waals surface area contributed by atoms with Crippen molar-refractivity contribution in [1.29, 1.82) is 0 Å². The van der Waals surface area contributed by atoms with Gasteiger partial charge in [-0.2, -0.15) is 0 Å². The van der Waals surface area contributed by atoms with Gasteiger partial charge in [0.05, 0.1) is 14.1 Å². The molecule has 0 saturated heterocycles. The Morgan fingerprint density at radius 1 is 1.12 bits per heavy atom. The van der Waals surface area contributed by atoms with E-state index in [1.165, 1.54) is 5.20 Å². The molecule has 1 aromatic rings. The van der Waals surface area contributed by atoms with Crippen molar-refractivity contribution in [3.8, 4) is 0 Å². The van der Waals surface area contributed by atoms with Gasteiger partial charge in [0.1, 0.15) is 5.60 Å². The number of ether oxygens (including phenoxy) is 1. The molecule has 1 N–H and O–H groups in total. The van der Waals surface area contributed by atoms with E-state index in [9.17, 15) is 4.79 Å². The Morgan fingerprint density at radius 2 is 1.64 bits per heavy atom. The maximum atomic E-state index is 12.5. The first-order valence-corrected chi connectivity index (χ1v) is 12.6. The van der Waals surface area contributed by atoms with E-state index in [-0.39, 0.29) is 18.1 Å². The summed E-state index contributed by atoms with van der Waals surface area (Å²) in [5.74, 6) is 0.529. The third-order valence-corrected chi connectivity index (χ3v) is 6.53. The Morgan fingerprint density at radius 3 is 2.04 bits per heavy atom. The van der Waals surface area contributed by atoms with Gasteiger partial charge in [0.2, 0.25) is 0 Å². The van der Waals surface area contributed by atoms with Gasteiger partial charge in [-0.25, -0.2) is 4.79 Å². The fourth-order valence-corrected chi connectivity index (χ4v) is 4.46. The second kappa shape index (κ2) is 8.22. The first-order chi connectivity index (χ1) is 11.3. The molecular weight excluding hydrogens is 326 g/mol. The lowest BCUT2D eigenvalue weighted by atomic mass is 9.84. The van der Waals surface area contributed by atoms with E-state index in [1.54, 1.807) is 0 Å². The number of amides is 1. The summed E-state index contributed by atoms with van der Waals surface area (Å²) in [4.78, 5) is 12.5. The number of hydrogen-bond acceptors (Lipinski definition) is 2. The van der Waals surface area contributed by atoms with Crippen LogP contribution in [0.4, 0.5) is 4.79 Å². The van der Waals surface area contributed by atoms with E-state index in [0.29, 0.717) is 5.92 Å². The van der Waals surface area contributed by atoms with Crippen molar-refractivity contribution in [1.82, 2.24) is 5.32 Å². The molecule has 0 unspecified atom stereocenters. The van der Waals surface area contributed by atoms with Crippen molar-refractivity contribution in [3.05, 3.63) is 47.7 Å². The maximum Gasteiger partial charge on any atom is 0.408 e. The third-order valence-electron chi connectivity index (χ3n) is 4.27. The molecule has 0 saturated carbocycles. The zero-order chi connectivity index (χ0) is 19.4. The van der Waals surface area contributed by atoms with E-state index in [4.69, 9.17) is 4.74 Å². The molecule has 4 heteroatoms. The minimum absolute atomic E-state index is 0.143. The number of benzene rings is 1. The SMILES string of the molecule is C=C([C@@H](C(C)C)[C@@H](NC(=O)OC(C)(C)C)c1ccccc1)[Si](C)(C)C. The smallest absolute Gasteiger partial charge is 0.408 e. The molecule has 3 nitrogen and oxygen atoms in total. The largest absolute Gasteiger partial charge is 0.444 e. The Labute approximate surface area is 154 Å². The van der Waals surface area contributed by atoms with Crippen LogP contribution in [-0.4, -0.2) is 19.8 Å². The van der Waals surface area contributed by atoms with Gasteiger partial charge >= 0.3 is 6.09 Å². The second-order valence-corrected chi connectivity index (χ2v) is 14.2. The summed E-state index contributed by atoms with van der Waals surface area (Å²) < 4.78 is 5.52. The number of carbonyl (C=O) groups excluding carboxylic acids is 1. The van der Waals surface area contributed by atoms with Crippen LogP contribution in [0.5, 0.6) is 0 Å². The highest BCUT2D eigenvalue weighted by atomic mass is 28.3. The molecule has 0 radical (unpaired) electrons. The highest BCUT2D eigenvalue weighted by molar-refractivity contribution is 6.83. The van der Waals surface area contributed by atoms with Crippen LogP contribution >= 0.6 is 0 Å². The lowest BCUT2D eigenvalue weighted by Gasteiger charge is -2.37. The summed E-state index contributed by atoms with van der Waals surface area (Å²) >= 11 is 0.